The molecule has 0 unspecified atom stereocenters. The lowest BCUT2D eigenvalue weighted by atomic mass is 9.89. The van der Waals surface area contributed by atoms with E-state index in [-0.39, 0.29) is 18.7 Å². The van der Waals surface area contributed by atoms with Crippen molar-refractivity contribution in [1.82, 2.24) is 9.78 Å². The molecule has 0 saturated heterocycles. The molecule has 118 valence electrons. The molecular formula is C13H15F5N2O. The predicted octanol–water partition coefficient (Wildman–Crippen LogP) is 3.32. The second-order valence-corrected chi connectivity index (χ2v) is 5.83. The van der Waals surface area contributed by atoms with Gasteiger partial charge in [-0.25, -0.2) is 8.78 Å². The van der Waals surface area contributed by atoms with E-state index in [0.717, 1.165) is 17.5 Å². The van der Waals surface area contributed by atoms with Crippen LogP contribution in [0.15, 0.2) is 0 Å². The fraction of sp³-hybridized carbons (Fsp3) is 0.769. The van der Waals surface area contributed by atoms with Crippen molar-refractivity contribution in [1.29, 1.82) is 0 Å². The maximum atomic E-state index is 13.5. The van der Waals surface area contributed by atoms with E-state index in [4.69, 9.17) is 0 Å². The molecule has 0 aromatic carbocycles. The SMILES string of the molecule is O[C@H]1c2c(C(F)(F)F)nn(CCC3CC3)c2CCC1(F)F. The first-order valence-corrected chi connectivity index (χ1v) is 6.93. The largest absolute Gasteiger partial charge is 0.435 e. The third-order valence-electron chi connectivity index (χ3n) is 4.18. The van der Waals surface area contributed by atoms with Crippen LogP contribution in [-0.2, 0) is 19.1 Å². The molecule has 0 bridgehead atoms. The van der Waals surface area contributed by atoms with Gasteiger partial charge in [0, 0.05) is 24.2 Å². The molecule has 1 saturated carbocycles. The average Bonchev–Trinajstić information content (AvgIpc) is 3.11. The van der Waals surface area contributed by atoms with E-state index >= 15 is 0 Å². The highest BCUT2D eigenvalue weighted by atomic mass is 19.4. The Morgan fingerprint density at radius 1 is 1.29 bits per heavy atom. The Bertz CT molecular complexity index is 547. The minimum Gasteiger partial charge on any atom is -0.382 e. The quantitative estimate of drug-likeness (QED) is 0.870. The lowest BCUT2D eigenvalue weighted by Gasteiger charge is -2.28. The van der Waals surface area contributed by atoms with Crippen molar-refractivity contribution in [3.8, 4) is 0 Å². The zero-order valence-corrected chi connectivity index (χ0v) is 11.1. The van der Waals surface area contributed by atoms with Crippen molar-refractivity contribution in [2.45, 2.75) is 56.9 Å². The summed E-state index contributed by atoms with van der Waals surface area (Å²) < 4.78 is 67.2. The van der Waals surface area contributed by atoms with Crippen LogP contribution in [0.1, 0.15) is 48.7 Å². The first-order chi connectivity index (χ1) is 9.70. The van der Waals surface area contributed by atoms with Gasteiger partial charge in [0.25, 0.3) is 5.92 Å². The van der Waals surface area contributed by atoms with Gasteiger partial charge in [0.1, 0.15) is 6.10 Å². The van der Waals surface area contributed by atoms with Gasteiger partial charge in [-0.05, 0) is 18.8 Å². The van der Waals surface area contributed by atoms with Crippen molar-refractivity contribution in [3.05, 3.63) is 17.0 Å². The highest BCUT2D eigenvalue weighted by Crippen LogP contribution is 2.46. The number of aryl methyl sites for hydroxylation is 1. The van der Waals surface area contributed by atoms with Gasteiger partial charge in [-0.2, -0.15) is 18.3 Å². The topological polar surface area (TPSA) is 38.1 Å². The first kappa shape index (κ1) is 14.7. The van der Waals surface area contributed by atoms with Crippen LogP contribution >= 0.6 is 0 Å². The second kappa shape index (κ2) is 4.66. The molecule has 0 aliphatic heterocycles. The van der Waals surface area contributed by atoms with E-state index < -0.39 is 35.9 Å². The van der Waals surface area contributed by atoms with E-state index in [1.165, 1.54) is 0 Å². The molecule has 8 heteroatoms. The number of nitrogens with zero attached hydrogens (tertiary/aromatic N) is 2. The summed E-state index contributed by atoms with van der Waals surface area (Å²) in [4.78, 5) is 0. The van der Waals surface area contributed by atoms with Crippen molar-refractivity contribution in [2.24, 2.45) is 5.92 Å². The van der Waals surface area contributed by atoms with Crippen molar-refractivity contribution in [2.75, 3.05) is 0 Å². The smallest absolute Gasteiger partial charge is 0.382 e. The van der Waals surface area contributed by atoms with Crippen LogP contribution in [0.2, 0.25) is 0 Å². The van der Waals surface area contributed by atoms with Crippen LogP contribution in [0, 0.1) is 5.92 Å². The maximum Gasteiger partial charge on any atom is 0.435 e. The monoisotopic (exact) mass is 310 g/mol. The Morgan fingerprint density at radius 2 is 1.95 bits per heavy atom. The molecule has 21 heavy (non-hydrogen) atoms. The number of aliphatic hydroxyl groups excluding tert-OH is 1. The molecule has 3 nitrogen and oxygen atoms in total. The van der Waals surface area contributed by atoms with E-state index in [2.05, 4.69) is 5.10 Å². The molecule has 0 spiro atoms. The van der Waals surface area contributed by atoms with Crippen LogP contribution in [0.3, 0.4) is 0 Å². The Balaban J connectivity index is 2.00. The van der Waals surface area contributed by atoms with Gasteiger partial charge in [0.15, 0.2) is 5.69 Å². The number of alkyl halides is 5. The zero-order valence-electron chi connectivity index (χ0n) is 11.1. The molecule has 2 aliphatic carbocycles. The molecular weight excluding hydrogens is 295 g/mol. The summed E-state index contributed by atoms with van der Waals surface area (Å²) in [6.45, 7) is 0.279. The molecule has 1 aromatic rings. The number of fused-ring (bicyclic) bond motifs is 1. The summed E-state index contributed by atoms with van der Waals surface area (Å²) in [7, 11) is 0. The molecule has 1 atom stereocenters. The van der Waals surface area contributed by atoms with E-state index in [0.29, 0.717) is 12.3 Å². The standard InChI is InChI=1S/C13H15F5N2O/c14-12(15)5-3-8-9(11(12)21)10(13(16,17)18)19-20(8)6-4-7-1-2-7/h7,11,21H,1-6H2/t11-/m0/s1. The first-order valence-electron chi connectivity index (χ1n) is 6.93. The van der Waals surface area contributed by atoms with Gasteiger partial charge in [0.2, 0.25) is 0 Å². The lowest BCUT2D eigenvalue weighted by molar-refractivity contribution is -0.150. The van der Waals surface area contributed by atoms with Gasteiger partial charge in [-0.3, -0.25) is 4.68 Å². The van der Waals surface area contributed by atoms with Gasteiger partial charge >= 0.3 is 6.18 Å². The van der Waals surface area contributed by atoms with Crippen LogP contribution in [0.4, 0.5) is 22.0 Å². The number of aromatic nitrogens is 2. The Kier molecular flexibility index (Phi) is 3.27. The third kappa shape index (κ3) is 2.65. The second-order valence-electron chi connectivity index (χ2n) is 5.83. The molecule has 1 heterocycles. The Labute approximate surface area is 117 Å². The van der Waals surface area contributed by atoms with Gasteiger partial charge < -0.3 is 5.11 Å². The number of hydrogen-bond donors (Lipinski definition) is 1. The minimum absolute atomic E-state index is 0.0985. The molecule has 0 radical (unpaired) electrons. The van der Waals surface area contributed by atoms with Crippen LogP contribution < -0.4 is 0 Å². The minimum atomic E-state index is -4.84. The third-order valence-corrected chi connectivity index (χ3v) is 4.18. The Morgan fingerprint density at radius 3 is 2.52 bits per heavy atom. The highest BCUT2D eigenvalue weighted by molar-refractivity contribution is 5.35. The summed E-state index contributed by atoms with van der Waals surface area (Å²) in [5.74, 6) is -3.05. The number of rotatable bonds is 3. The van der Waals surface area contributed by atoms with Crippen molar-refractivity contribution >= 4 is 0 Å². The van der Waals surface area contributed by atoms with E-state index in [1.807, 2.05) is 0 Å². The summed E-state index contributed by atoms with van der Waals surface area (Å²) in [5.41, 5.74) is -2.02. The summed E-state index contributed by atoms with van der Waals surface area (Å²) in [6.07, 6.45) is -5.35. The predicted molar refractivity (Wildman–Crippen MR) is 62.8 cm³/mol. The number of aliphatic hydroxyl groups is 1. The molecule has 1 fully saturated rings. The van der Waals surface area contributed by atoms with Gasteiger partial charge in [-0.1, -0.05) is 12.8 Å². The maximum absolute atomic E-state index is 13.5. The molecule has 1 N–H and O–H groups in total. The van der Waals surface area contributed by atoms with Crippen LogP contribution in [0.25, 0.3) is 0 Å². The molecule has 3 rings (SSSR count). The van der Waals surface area contributed by atoms with Crippen LogP contribution in [0.5, 0.6) is 0 Å². The molecule has 1 aromatic heterocycles. The summed E-state index contributed by atoms with van der Waals surface area (Å²) in [6, 6.07) is 0. The lowest BCUT2D eigenvalue weighted by Crippen LogP contribution is -2.33. The van der Waals surface area contributed by atoms with Crippen LogP contribution in [-0.4, -0.2) is 20.8 Å². The number of halogens is 5. The zero-order chi connectivity index (χ0) is 15.4. The summed E-state index contributed by atoms with van der Waals surface area (Å²) >= 11 is 0. The van der Waals surface area contributed by atoms with Crippen molar-refractivity contribution < 1.29 is 27.1 Å². The summed E-state index contributed by atoms with van der Waals surface area (Å²) in [5, 5.41) is 13.1. The highest BCUT2D eigenvalue weighted by Gasteiger charge is 2.51. The fourth-order valence-electron chi connectivity index (χ4n) is 2.80. The average molecular weight is 310 g/mol. The van der Waals surface area contributed by atoms with E-state index in [1.54, 1.807) is 0 Å². The fourth-order valence-corrected chi connectivity index (χ4v) is 2.80. The van der Waals surface area contributed by atoms with Crippen molar-refractivity contribution in [3.63, 3.8) is 0 Å². The van der Waals surface area contributed by atoms with Gasteiger partial charge in [0.05, 0.1) is 0 Å². The van der Waals surface area contributed by atoms with Gasteiger partial charge in [-0.15, -0.1) is 0 Å². The normalized spacial score (nSPS) is 25.0. The van der Waals surface area contributed by atoms with E-state index in [9.17, 15) is 27.1 Å². The Hall–Kier alpha value is -1.18. The number of hydrogen-bond acceptors (Lipinski definition) is 2. The molecule has 2 aliphatic rings. The molecule has 0 amide bonds.